The normalized spacial score (nSPS) is 22.8. The number of rotatable bonds is 9. The Morgan fingerprint density at radius 3 is 2.31 bits per heavy atom. The zero-order valence-corrected chi connectivity index (χ0v) is 20.7. The van der Waals surface area contributed by atoms with E-state index in [9.17, 15) is 20.4 Å². The first-order valence-electron chi connectivity index (χ1n) is 10.7. The number of hydrogen-bond donors (Lipinski definition) is 7. The van der Waals surface area contributed by atoms with Crippen LogP contribution in [0.5, 0.6) is 0 Å². The van der Waals surface area contributed by atoms with Crippen molar-refractivity contribution in [1.29, 1.82) is 0 Å². The van der Waals surface area contributed by atoms with E-state index in [1.165, 1.54) is 34.9 Å². The van der Waals surface area contributed by atoms with Crippen molar-refractivity contribution < 1.29 is 25.5 Å². The fourth-order valence-corrected chi connectivity index (χ4v) is 7.03. The highest BCUT2D eigenvalue weighted by Gasteiger charge is 2.42. The van der Waals surface area contributed by atoms with E-state index in [1.807, 2.05) is 60.7 Å². The van der Waals surface area contributed by atoms with Crippen LogP contribution in [0.3, 0.4) is 0 Å². The number of nitrogens with zero attached hydrogens (tertiary/aromatic N) is 3. The summed E-state index contributed by atoms with van der Waals surface area (Å²) in [5.41, 5.74) is 7.56. The molecule has 2 unspecified atom stereocenters. The van der Waals surface area contributed by atoms with Crippen LogP contribution in [0.15, 0.2) is 70.0 Å². The van der Waals surface area contributed by atoms with Crippen molar-refractivity contribution in [3.8, 4) is 10.6 Å². The Morgan fingerprint density at radius 2 is 1.63 bits per heavy atom. The number of aliphatic hydroxyl groups excluding tert-OH is 5. The molecule has 0 spiro atoms. The molecule has 1 aliphatic rings. The molecule has 0 bridgehead atoms. The third-order valence-electron chi connectivity index (χ3n) is 5.15. The van der Waals surface area contributed by atoms with Gasteiger partial charge in [0.05, 0.1) is 22.9 Å². The van der Waals surface area contributed by atoms with Gasteiger partial charge in [0.15, 0.2) is 9.51 Å². The maximum atomic E-state index is 10.9. The summed E-state index contributed by atoms with van der Waals surface area (Å²) < 4.78 is 0.199. The Morgan fingerprint density at radius 1 is 0.943 bits per heavy atom. The quantitative estimate of drug-likeness (QED) is 0.209. The summed E-state index contributed by atoms with van der Waals surface area (Å²) >= 11 is 4.05. The Kier molecular flexibility index (Phi) is 9.10. The highest BCUT2D eigenvalue weighted by atomic mass is 32.2. The molecule has 0 radical (unpaired) electrons. The largest absolute Gasteiger partial charge is 0.394 e. The summed E-state index contributed by atoms with van der Waals surface area (Å²) in [6.07, 6.45) is -6.55. The number of aliphatic imine (C=N–C) groups is 1. The van der Waals surface area contributed by atoms with Crippen LogP contribution in [0.25, 0.3) is 10.6 Å². The zero-order valence-electron chi connectivity index (χ0n) is 18.2. The molecule has 2 aromatic carbocycles. The number of nitrogens with one attached hydrogen (secondary N) is 2. The predicted molar refractivity (Wildman–Crippen MR) is 137 cm³/mol. The monoisotopic (exact) mass is 535 g/mol. The third-order valence-corrected chi connectivity index (χ3v) is 8.78. The lowest BCUT2D eigenvalue weighted by Gasteiger charge is -2.38. The lowest BCUT2D eigenvalue weighted by molar-refractivity contribution is -0.121. The molecule has 186 valence electrons. The van der Waals surface area contributed by atoms with Gasteiger partial charge in [0.2, 0.25) is 0 Å². The minimum atomic E-state index is -1.74. The van der Waals surface area contributed by atoms with Gasteiger partial charge in [0.25, 0.3) is 0 Å². The minimum absolute atomic E-state index is 0.446. The number of hydrogen-bond acceptors (Lipinski definition) is 12. The van der Waals surface area contributed by atoms with Gasteiger partial charge in [-0.15, -0.1) is 10.2 Å². The summed E-state index contributed by atoms with van der Waals surface area (Å²) in [5, 5.41) is 60.1. The first kappa shape index (κ1) is 26.0. The van der Waals surface area contributed by atoms with Crippen LogP contribution >= 0.6 is 34.9 Å². The molecule has 7 N–H and O–H groups in total. The second-order valence-electron chi connectivity index (χ2n) is 7.61. The van der Waals surface area contributed by atoms with Crippen LogP contribution in [0, 0.1) is 0 Å². The molecule has 35 heavy (non-hydrogen) atoms. The van der Waals surface area contributed by atoms with Crippen LogP contribution in [-0.2, 0) is 0 Å². The number of para-hydroxylation sites is 1. The second kappa shape index (κ2) is 12.3. The second-order valence-corrected chi connectivity index (χ2v) is 11.4. The first-order valence-corrected chi connectivity index (χ1v) is 13.2. The number of hydrazine groups is 1. The van der Waals surface area contributed by atoms with Gasteiger partial charge in [-0.3, -0.25) is 5.43 Å². The molecule has 1 fully saturated rings. The van der Waals surface area contributed by atoms with Gasteiger partial charge in [-0.1, -0.05) is 83.4 Å². The standard InChI is InChI=1S/C22H25N5O5S3/c28-11-14(29)16(30)18(32)17(31)15-20(34-21(26-24-15)23-13-9-5-2-6-10-13)35-22-27-25-19(33-22)12-7-3-1-4-8-12/h1-10,14-18,20,24,28-32H,11H2,(H,23,26)/t14-,15?,16-,17+,18+,20?/m1/s1. The van der Waals surface area contributed by atoms with Crippen molar-refractivity contribution >= 4 is 45.7 Å². The molecule has 1 aromatic heterocycles. The summed E-state index contributed by atoms with van der Waals surface area (Å²) in [7, 11) is 0. The topological polar surface area (TPSA) is 163 Å². The van der Waals surface area contributed by atoms with E-state index in [0.717, 1.165) is 16.3 Å². The molecule has 13 heteroatoms. The Bertz CT molecular complexity index is 1110. The lowest BCUT2D eigenvalue weighted by atomic mass is 9.99. The summed E-state index contributed by atoms with van der Waals surface area (Å²) in [5.74, 6) is 0. The molecule has 6 atom stereocenters. The summed E-state index contributed by atoms with van der Waals surface area (Å²) in [4.78, 5) is 4.57. The fraction of sp³-hybridized carbons (Fsp3) is 0.318. The zero-order chi connectivity index (χ0) is 24.8. The van der Waals surface area contributed by atoms with Crippen LogP contribution in [-0.4, -0.2) is 82.5 Å². The minimum Gasteiger partial charge on any atom is -0.394 e. The maximum Gasteiger partial charge on any atom is 0.177 e. The molecule has 0 saturated carbocycles. The Balaban J connectivity index is 1.56. The van der Waals surface area contributed by atoms with E-state index in [-0.39, 0.29) is 0 Å². The van der Waals surface area contributed by atoms with Gasteiger partial charge in [-0.2, -0.15) is 0 Å². The van der Waals surface area contributed by atoms with Gasteiger partial charge >= 0.3 is 0 Å². The number of thioether (sulfide) groups is 2. The number of benzene rings is 2. The van der Waals surface area contributed by atoms with Crippen LogP contribution in [0.2, 0.25) is 0 Å². The molecule has 2 heterocycles. The molecular formula is C22H25N5O5S3. The van der Waals surface area contributed by atoms with Gasteiger partial charge in [0, 0.05) is 5.56 Å². The SMILES string of the molecule is OC[C@@H](O)[C@@H](O)[C@H](O)[C@@H](O)C1NNC(=Nc2ccccc2)SC1Sc1nnc(-c2ccccc2)s1. The van der Waals surface area contributed by atoms with Gasteiger partial charge in [-0.25, -0.2) is 10.4 Å². The molecule has 0 amide bonds. The molecule has 0 aliphatic carbocycles. The third kappa shape index (κ3) is 6.58. The van der Waals surface area contributed by atoms with Crippen molar-refractivity contribution in [2.45, 2.75) is 39.4 Å². The van der Waals surface area contributed by atoms with Crippen LogP contribution < -0.4 is 10.9 Å². The van der Waals surface area contributed by atoms with E-state index in [4.69, 9.17) is 5.11 Å². The maximum absolute atomic E-state index is 10.9. The lowest BCUT2D eigenvalue weighted by Crippen LogP contribution is -2.62. The highest BCUT2D eigenvalue weighted by molar-refractivity contribution is 8.25. The fourth-order valence-electron chi connectivity index (χ4n) is 3.25. The number of amidine groups is 1. The molecule has 1 aliphatic heterocycles. The Labute approximate surface area is 214 Å². The molecule has 4 rings (SSSR count). The molecular weight excluding hydrogens is 510 g/mol. The van der Waals surface area contributed by atoms with Crippen molar-refractivity contribution in [1.82, 2.24) is 21.0 Å². The summed E-state index contributed by atoms with van der Waals surface area (Å²) in [6, 6.07) is 18.2. The van der Waals surface area contributed by atoms with Crippen molar-refractivity contribution in [3.63, 3.8) is 0 Å². The molecule has 10 nitrogen and oxygen atoms in total. The van der Waals surface area contributed by atoms with E-state index in [1.54, 1.807) is 0 Å². The van der Waals surface area contributed by atoms with Gasteiger partial charge in [0.1, 0.15) is 29.4 Å². The number of aromatic nitrogens is 2. The average molecular weight is 536 g/mol. The summed E-state index contributed by atoms with van der Waals surface area (Å²) in [6.45, 7) is -0.755. The molecule has 1 saturated heterocycles. The van der Waals surface area contributed by atoms with Gasteiger partial charge < -0.3 is 25.5 Å². The van der Waals surface area contributed by atoms with E-state index in [0.29, 0.717) is 9.51 Å². The van der Waals surface area contributed by atoms with Crippen molar-refractivity contribution in [2.24, 2.45) is 4.99 Å². The van der Waals surface area contributed by atoms with Gasteiger partial charge in [-0.05, 0) is 12.1 Å². The molecule has 3 aromatic rings. The van der Waals surface area contributed by atoms with E-state index < -0.39 is 41.6 Å². The highest BCUT2D eigenvalue weighted by Crippen LogP contribution is 2.40. The Hall–Kier alpha value is -2.07. The van der Waals surface area contributed by atoms with E-state index >= 15 is 0 Å². The smallest absolute Gasteiger partial charge is 0.177 e. The van der Waals surface area contributed by atoms with Crippen molar-refractivity contribution in [2.75, 3.05) is 6.61 Å². The number of aliphatic hydroxyl groups is 5. The predicted octanol–water partition coefficient (Wildman–Crippen LogP) is 0.957. The van der Waals surface area contributed by atoms with Crippen LogP contribution in [0.1, 0.15) is 0 Å². The van der Waals surface area contributed by atoms with Crippen molar-refractivity contribution in [3.05, 3.63) is 60.7 Å². The van der Waals surface area contributed by atoms with Crippen LogP contribution in [0.4, 0.5) is 5.69 Å². The first-order chi connectivity index (χ1) is 17.0. The van der Waals surface area contributed by atoms with E-state index in [2.05, 4.69) is 26.0 Å². The average Bonchev–Trinajstić information content (AvgIpc) is 3.37.